The SMILES string of the molecule is CCCC(C)(C)NCC(O)COc1ccccc1C. The Balaban J connectivity index is 2.32. The third-order valence-corrected chi connectivity index (χ3v) is 3.22. The first-order valence-electron chi connectivity index (χ1n) is 7.06. The summed E-state index contributed by atoms with van der Waals surface area (Å²) in [6, 6.07) is 7.85. The van der Waals surface area contributed by atoms with E-state index in [2.05, 4.69) is 26.1 Å². The molecule has 1 atom stereocenters. The summed E-state index contributed by atoms with van der Waals surface area (Å²) in [5.74, 6) is 0.842. The Morgan fingerprint density at radius 2 is 2.00 bits per heavy atom. The number of hydrogen-bond donors (Lipinski definition) is 2. The molecule has 0 heterocycles. The summed E-state index contributed by atoms with van der Waals surface area (Å²) in [4.78, 5) is 0. The maximum Gasteiger partial charge on any atom is 0.122 e. The zero-order valence-corrected chi connectivity index (χ0v) is 12.6. The molecule has 1 unspecified atom stereocenters. The topological polar surface area (TPSA) is 41.5 Å². The number of aliphatic hydroxyl groups is 1. The number of aliphatic hydroxyl groups excluding tert-OH is 1. The smallest absolute Gasteiger partial charge is 0.122 e. The Hall–Kier alpha value is -1.06. The summed E-state index contributed by atoms with van der Waals surface area (Å²) in [6.45, 7) is 9.36. The second kappa shape index (κ2) is 7.51. The zero-order chi connectivity index (χ0) is 14.3. The lowest BCUT2D eigenvalue weighted by molar-refractivity contribution is 0.0977. The lowest BCUT2D eigenvalue weighted by atomic mass is 9.99. The van der Waals surface area contributed by atoms with Crippen LogP contribution in [0.1, 0.15) is 39.2 Å². The van der Waals surface area contributed by atoms with E-state index in [1.807, 2.05) is 31.2 Å². The van der Waals surface area contributed by atoms with E-state index in [1.165, 1.54) is 0 Å². The average molecular weight is 265 g/mol. The van der Waals surface area contributed by atoms with Crippen molar-refractivity contribution in [3.05, 3.63) is 29.8 Å². The van der Waals surface area contributed by atoms with Crippen LogP contribution in [0.4, 0.5) is 0 Å². The summed E-state index contributed by atoms with van der Waals surface area (Å²) >= 11 is 0. The van der Waals surface area contributed by atoms with Gasteiger partial charge in [-0.25, -0.2) is 0 Å². The van der Waals surface area contributed by atoms with Gasteiger partial charge in [-0.2, -0.15) is 0 Å². The lowest BCUT2D eigenvalue weighted by Crippen LogP contribution is -2.44. The van der Waals surface area contributed by atoms with Crippen molar-refractivity contribution >= 4 is 0 Å². The Kier molecular flexibility index (Phi) is 6.32. The van der Waals surface area contributed by atoms with Crippen LogP contribution < -0.4 is 10.1 Å². The van der Waals surface area contributed by atoms with Crippen molar-refractivity contribution < 1.29 is 9.84 Å². The first-order chi connectivity index (χ1) is 8.94. The predicted octanol–water partition coefficient (Wildman–Crippen LogP) is 2.90. The van der Waals surface area contributed by atoms with Gasteiger partial charge in [0.1, 0.15) is 18.5 Å². The predicted molar refractivity (Wildman–Crippen MR) is 79.7 cm³/mol. The van der Waals surface area contributed by atoms with E-state index < -0.39 is 6.10 Å². The minimum absolute atomic E-state index is 0.0679. The summed E-state index contributed by atoms with van der Waals surface area (Å²) in [5, 5.41) is 13.3. The fraction of sp³-hybridized carbons (Fsp3) is 0.625. The van der Waals surface area contributed by atoms with Gasteiger partial charge in [0.25, 0.3) is 0 Å². The molecule has 3 nitrogen and oxygen atoms in total. The molecule has 108 valence electrons. The number of para-hydroxylation sites is 1. The quantitative estimate of drug-likeness (QED) is 0.759. The molecule has 1 aromatic rings. The van der Waals surface area contributed by atoms with Gasteiger partial charge >= 0.3 is 0 Å². The van der Waals surface area contributed by atoms with Gasteiger partial charge in [-0.3, -0.25) is 0 Å². The Bertz CT molecular complexity index is 377. The highest BCUT2D eigenvalue weighted by molar-refractivity contribution is 5.31. The molecule has 0 radical (unpaired) electrons. The molecule has 1 aromatic carbocycles. The van der Waals surface area contributed by atoms with Crippen LogP contribution in [-0.2, 0) is 0 Å². The summed E-state index contributed by atoms with van der Waals surface area (Å²) in [7, 11) is 0. The molecule has 3 heteroatoms. The molecule has 0 aliphatic rings. The molecule has 0 aromatic heterocycles. The number of hydrogen-bond acceptors (Lipinski definition) is 3. The molecule has 0 amide bonds. The molecule has 0 aliphatic heterocycles. The number of aryl methyl sites for hydroxylation is 1. The molecule has 0 spiro atoms. The third-order valence-electron chi connectivity index (χ3n) is 3.22. The van der Waals surface area contributed by atoms with Gasteiger partial charge in [-0.1, -0.05) is 31.5 Å². The number of ether oxygens (including phenoxy) is 1. The van der Waals surface area contributed by atoms with E-state index in [-0.39, 0.29) is 5.54 Å². The van der Waals surface area contributed by atoms with Crippen LogP contribution in [0.2, 0.25) is 0 Å². The van der Waals surface area contributed by atoms with Gasteiger partial charge in [0.05, 0.1) is 0 Å². The number of benzene rings is 1. The van der Waals surface area contributed by atoms with E-state index in [1.54, 1.807) is 0 Å². The van der Waals surface area contributed by atoms with E-state index >= 15 is 0 Å². The highest BCUT2D eigenvalue weighted by Gasteiger charge is 2.17. The Morgan fingerprint density at radius 1 is 1.32 bits per heavy atom. The van der Waals surface area contributed by atoms with Crippen molar-refractivity contribution in [2.24, 2.45) is 0 Å². The minimum atomic E-state index is -0.490. The second-order valence-corrected chi connectivity index (χ2v) is 5.75. The van der Waals surface area contributed by atoms with Crippen molar-refractivity contribution in [3.8, 4) is 5.75 Å². The standard InChI is InChI=1S/C16H27NO2/c1-5-10-16(3,4)17-11-14(18)12-19-15-9-7-6-8-13(15)2/h6-9,14,17-18H,5,10-12H2,1-4H3. The largest absolute Gasteiger partial charge is 0.491 e. The summed E-state index contributed by atoms with van der Waals surface area (Å²) in [5.41, 5.74) is 1.16. The van der Waals surface area contributed by atoms with Crippen molar-refractivity contribution in [3.63, 3.8) is 0 Å². The monoisotopic (exact) mass is 265 g/mol. The van der Waals surface area contributed by atoms with E-state index in [0.717, 1.165) is 24.2 Å². The van der Waals surface area contributed by atoms with Crippen LogP contribution in [0.5, 0.6) is 5.75 Å². The van der Waals surface area contributed by atoms with Crippen molar-refractivity contribution in [2.45, 2.75) is 52.2 Å². The van der Waals surface area contributed by atoms with Gasteiger partial charge in [-0.15, -0.1) is 0 Å². The van der Waals surface area contributed by atoms with Crippen LogP contribution in [0, 0.1) is 6.92 Å². The van der Waals surface area contributed by atoms with E-state index in [9.17, 15) is 5.11 Å². The van der Waals surface area contributed by atoms with Crippen LogP contribution in [0.3, 0.4) is 0 Å². The Morgan fingerprint density at radius 3 is 2.63 bits per heavy atom. The van der Waals surface area contributed by atoms with E-state index in [0.29, 0.717) is 13.2 Å². The van der Waals surface area contributed by atoms with Crippen LogP contribution >= 0.6 is 0 Å². The fourth-order valence-electron chi connectivity index (χ4n) is 2.07. The number of β-amino-alcohol motifs (C(OH)–C–C–N with tert-alkyl or cyclic N) is 1. The molecular formula is C16H27NO2. The Labute approximate surface area is 117 Å². The van der Waals surface area contributed by atoms with Gasteiger partial charge in [0, 0.05) is 12.1 Å². The minimum Gasteiger partial charge on any atom is -0.491 e. The molecule has 2 N–H and O–H groups in total. The summed E-state index contributed by atoms with van der Waals surface area (Å²) in [6.07, 6.45) is 1.74. The molecule has 1 rings (SSSR count). The zero-order valence-electron chi connectivity index (χ0n) is 12.6. The third kappa shape index (κ3) is 6.08. The average Bonchev–Trinajstić information content (AvgIpc) is 2.35. The van der Waals surface area contributed by atoms with Gasteiger partial charge in [-0.05, 0) is 38.8 Å². The van der Waals surface area contributed by atoms with E-state index in [4.69, 9.17) is 4.74 Å². The van der Waals surface area contributed by atoms with Gasteiger partial charge < -0.3 is 15.2 Å². The molecule has 0 fully saturated rings. The maximum atomic E-state index is 9.95. The second-order valence-electron chi connectivity index (χ2n) is 5.75. The first-order valence-corrected chi connectivity index (χ1v) is 7.06. The first kappa shape index (κ1) is 16.0. The van der Waals surface area contributed by atoms with Gasteiger partial charge in [0.2, 0.25) is 0 Å². The molecule has 0 bridgehead atoms. The number of rotatable bonds is 8. The van der Waals surface area contributed by atoms with Crippen LogP contribution in [0.15, 0.2) is 24.3 Å². The normalized spacial score (nSPS) is 13.3. The molecule has 19 heavy (non-hydrogen) atoms. The number of nitrogens with one attached hydrogen (secondary N) is 1. The molecule has 0 aliphatic carbocycles. The van der Waals surface area contributed by atoms with Crippen LogP contribution in [-0.4, -0.2) is 29.9 Å². The molecule has 0 saturated heterocycles. The van der Waals surface area contributed by atoms with Crippen LogP contribution in [0.25, 0.3) is 0 Å². The van der Waals surface area contributed by atoms with Crippen molar-refractivity contribution in [1.29, 1.82) is 0 Å². The lowest BCUT2D eigenvalue weighted by Gasteiger charge is -2.27. The fourth-order valence-corrected chi connectivity index (χ4v) is 2.07. The highest BCUT2D eigenvalue weighted by atomic mass is 16.5. The van der Waals surface area contributed by atoms with Crippen molar-refractivity contribution in [1.82, 2.24) is 5.32 Å². The van der Waals surface area contributed by atoms with Gasteiger partial charge in [0.15, 0.2) is 0 Å². The maximum absolute atomic E-state index is 9.95. The highest BCUT2D eigenvalue weighted by Crippen LogP contribution is 2.16. The molecule has 0 saturated carbocycles. The summed E-state index contributed by atoms with van der Waals surface area (Å²) < 4.78 is 5.63. The molecular weight excluding hydrogens is 238 g/mol. The van der Waals surface area contributed by atoms with Crippen molar-refractivity contribution in [2.75, 3.05) is 13.2 Å².